The first-order chi connectivity index (χ1) is 10.0. The van der Waals surface area contributed by atoms with Crippen LogP contribution in [0.5, 0.6) is 5.75 Å². The Labute approximate surface area is 122 Å². The van der Waals surface area contributed by atoms with Crippen LogP contribution >= 0.6 is 0 Å². The highest BCUT2D eigenvalue weighted by atomic mass is 16.3. The second-order valence-corrected chi connectivity index (χ2v) is 5.26. The molecule has 3 rings (SSSR count). The van der Waals surface area contributed by atoms with Crippen molar-refractivity contribution in [3.05, 3.63) is 63.5 Å². The van der Waals surface area contributed by atoms with Gasteiger partial charge in [0.05, 0.1) is 10.9 Å². The van der Waals surface area contributed by atoms with Crippen molar-refractivity contribution in [1.29, 1.82) is 0 Å². The molecule has 0 unspecified atom stereocenters. The van der Waals surface area contributed by atoms with E-state index in [0.717, 1.165) is 11.1 Å². The van der Waals surface area contributed by atoms with Crippen LogP contribution in [0.3, 0.4) is 0 Å². The monoisotopic (exact) mass is 280 g/mol. The largest absolute Gasteiger partial charge is 0.508 e. The molecule has 3 nitrogen and oxygen atoms in total. The van der Waals surface area contributed by atoms with Crippen LogP contribution in [0.4, 0.5) is 0 Å². The second-order valence-electron chi connectivity index (χ2n) is 5.26. The Kier molecular flexibility index (Phi) is 3.05. The molecule has 0 radical (unpaired) electrons. The van der Waals surface area contributed by atoms with Crippen molar-refractivity contribution in [3.8, 4) is 16.9 Å². The van der Waals surface area contributed by atoms with E-state index in [1.54, 1.807) is 19.9 Å². The van der Waals surface area contributed by atoms with Crippen LogP contribution in [0, 0.1) is 20.8 Å². The fraction of sp³-hybridized carbons (Fsp3) is 0.167. The van der Waals surface area contributed by atoms with Gasteiger partial charge in [0, 0.05) is 5.56 Å². The van der Waals surface area contributed by atoms with E-state index in [2.05, 4.69) is 0 Å². The number of fused-ring (bicyclic) bond motifs is 1. The van der Waals surface area contributed by atoms with E-state index >= 15 is 0 Å². The summed E-state index contributed by atoms with van der Waals surface area (Å²) in [6.45, 7) is 5.50. The van der Waals surface area contributed by atoms with E-state index in [4.69, 9.17) is 4.42 Å². The van der Waals surface area contributed by atoms with Gasteiger partial charge in [-0.2, -0.15) is 0 Å². The highest BCUT2D eigenvalue weighted by molar-refractivity contribution is 5.86. The summed E-state index contributed by atoms with van der Waals surface area (Å²) in [6.07, 6.45) is 0. The summed E-state index contributed by atoms with van der Waals surface area (Å²) < 4.78 is 5.83. The van der Waals surface area contributed by atoms with Crippen molar-refractivity contribution in [2.45, 2.75) is 20.8 Å². The molecule has 0 spiro atoms. The molecule has 106 valence electrons. The molecule has 0 saturated heterocycles. The lowest BCUT2D eigenvalue weighted by atomic mass is 9.98. The molecule has 0 aliphatic rings. The van der Waals surface area contributed by atoms with Crippen LogP contribution < -0.4 is 5.43 Å². The van der Waals surface area contributed by atoms with Gasteiger partial charge in [0.15, 0.2) is 0 Å². The predicted octanol–water partition coefficient (Wildman–Crippen LogP) is 4.09. The Morgan fingerprint density at radius 1 is 1.00 bits per heavy atom. The van der Waals surface area contributed by atoms with Crippen molar-refractivity contribution < 1.29 is 9.52 Å². The molecule has 0 atom stereocenters. The van der Waals surface area contributed by atoms with Crippen molar-refractivity contribution in [2.24, 2.45) is 0 Å². The third-order valence-corrected chi connectivity index (χ3v) is 3.87. The lowest BCUT2D eigenvalue weighted by Crippen LogP contribution is -2.08. The number of hydrogen-bond acceptors (Lipinski definition) is 3. The number of benzene rings is 2. The fourth-order valence-electron chi connectivity index (χ4n) is 2.66. The van der Waals surface area contributed by atoms with Gasteiger partial charge in [-0.05, 0) is 44.0 Å². The smallest absolute Gasteiger partial charge is 0.200 e. The average Bonchev–Trinajstić information content (AvgIpc) is 2.45. The summed E-state index contributed by atoms with van der Waals surface area (Å²) in [5.74, 6) is 0.698. The topological polar surface area (TPSA) is 50.4 Å². The van der Waals surface area contributed by atoms with Crippen molar-refractivity contribution in [2.75, 3.05) is 0 Å². The Morgan fingerprint density at radius 2 is 1.71 bits per heavy atom. The molecule has 0 aliphatic carbocycles. The van der Waals surface area contributed by atoms with Gasteiger partial charge < -0.3 is 9.52 Å². The molecule has 1 aromatic heterocycles. The zero-order valence-corrected chi connectivity index (χ0v) is 12.2. The lowest BCUT2D eigenvalue weighted by molar-refractivity contribution is 0.468. The number of rotatable bonds is 1. The quantitative estimate of drug-likeness (QED) is 0.730. The summed E-state index contributed by atoms with van der Waals surface area (Å²) in [7, 11) is 0. The standard InChI is InChI=1S/C18H16O3/c1-10-6-4-5-7-13(10)16-12(3)21-18-11(2)15(19)9-8-14(18)17(16)20/h4-9,19H,1-3H3. The van der Waals surface area contributed by atoms with Crippen LogP contribution in [-0.4, -0.2) is 5.11 Å². The minimum absolute atomic E-state index is 0.0637. The SMILES string of the molecule is Cc1ccccc1-c1c(C)oc2c(C)c(O)ccc2c1=O. The highest BCUT2D eigenvalue weighted by Crippen LogP contribution is 2.30. The van der Waals surface area contributed by atoms with Crippen molar-refractivity contribution in [1.82, 2.24) is 0 Å². The molecule has 2 aromatic carbocycles. The molecule has 21 heavy (non-hydrogen) atoms. The van der Waals surface area contributed by atoms with Gasteiger partial charge in [0.2, 0.25) is 5.43 Å². The molecular weight excluding hydrogens is 264 g/mol. The number of aromatic hydroxyl groups is 1. The van der Waals surface area contributed by atoms with Crippen LogP contribution in [0.1, 0.15) is 16.9 Å². The molecule has 3 aromatic rings. The van der Waals surface area contributed by atoms with Crippen LogP contribution in [-0.2, 0) is 0 Å². The van der Waals surface area contributed by atoms with Gasteiger partial charge in [-0.25, -0.2) is 0 Å². The van der Waals surface area contributed by atoms with Gasteiger partial charge >= 0.3 is 0 Å². The molecule has 1 heterocycles. The van der Waals surface area contributed by atoms with E-state index in [0.29, 0.717) is 27.9 Å². The lowest BCUT2D eigenvalue weighted by Gasteiger charge is -2.11. The molecule has 0 fully saturated rings. The maximum Gasteiger partial charge on any atom is 0.200 e. The first-order valence-corrected chi connectivity index (χ1v) is 6.82. The fourth-order valence-corrected chi connectivity index (χ4v) is 2.66. The zero-order valence-electron chi connectivity index (χ0n) is 12.2. The van der Waals surface area contributed by atoms with Gasteiger partial charge in [-0.3, -0.25) is 4.79 Å². The van der Waals surface area contributed by atoms with E-state index in [9.17, 15) is 9.90 Å². The molecular formula is C18H16O3. The van der Waals surface area contributed by atoms with E-state index in [1.165, 1.54) is 6.07 Å². The highest BCUT2D eigenvalue weighted by Gasteiger charge is 2.16. The number of hydrogen-bond donors (Lipinski definition) is 1. The van der Waals surface area contributed by atoms with E-state index < -0.39 is 0 Å². The maximum absolute atomic E-state index is 12.8. The normalized spacial score (nSPS) is 11.0. The number of phenolic OH excluding ortho intramolecular Hbond substituents is 1. The molecule has 1 N–H and O–H groups in total. The van der Waals surface area contributed by atoms with Crippen LogP contribution in [0.15, 0.2) is 45.6 Å². The van der Waals surface area contributed by atoms with Crippen molar-refractivity contribution >= 4 is 11.0 Å². The summed E-state index contributed by atoms with van der Waals surface area (Å²) in [5.41, 5.74) is 3.48. The third-order valence-electron chi connectivity index (χ3n) is 3.87. The first-order valence-electron chi connectivity index (χ1n) is 6.82. The maximum atomic E-state index is 12.8. The second kappa shape index (κ2) is 4.77. The zero-order chi connectivity index (χ0) is 15.1. The summed E-state index contributed by atoms with van der Waals surface area (Å²) in [5, 5.41) is 10.3. The summed E-state index contributed by atoms with van der Waals surface area (Å²) in [4.78, 5) is 12.8. The Bertz CT molecular complexity index is 904. The van der Waals surface area contributed by atoms with Gasteiger partial charge in [-0.15, -0.1) is 0 Å². The number of phenols is 1. The Balaban J connectivity index is 2.45. The van der Waals surface area contributed by atoms with Crippen LogP contribution in [0.25, 0.3) is 22.1 Å². The molecule has 0 amide bonds. The molecule has 0 aliphatic heterocycles. The summed E-state index contributed by atoms with van der Waals surface area (Å²) >= 11 is 0. The van der Waals surface area contributed by atoms with Crippen LogP contribution in [0.2, 0.25) is 0 Å². The molecule has 3 heteroatoms. The van der Waals surface area contributed by atoms with Gasteiger partial charge in [-0.1, -0.05) is 24.3 Å². The van der Waals surface area contributed by atoms with E-state index in [1.807, 2.05) is 31.2 Å². The molecule has 0 bridgehead atoms. The minimum Gasteiger partial charge on any atom is -0.508 e. The predicted molar refractivity (Wildman–Crippen MR) is 83.8 cm³/mol. The summed E-state index contributed by atoms with van der Waals surface area (Å²) in [6, 6.07) is 10.9. The first kappa shape index (κ1) is 13.4. The third kappa shape index (κ3) is 2.02. The number of aryl methyl sites for hydroxylation is 3. The van der Waals surface area contributed by atoms with E-state index in [-0.39, 0.29) is 11.2 Å². The van der Waals surface area contributed by atoms with Gasteiger partial charge in [0.25, 0.3) is 0 Å². The molecule has 0 saturated carbocycles. The average molecular weight is 280 g/mol. The minimum atomic E-state index is -0.0637. The Morgan fingerprint density at radius 3 is 2.43 bits per heavy atom. The van der Waals surface area contributed by atoms with Crippen molar-refractivity contribution in [3.63, 3.8) is 0 Å². The van der Waals surface area contributed by atoms with Gasteiger partial charge in [0.1, 0.15) is 17.1 Å². The Hall–Kier alpha value is -2.55.